The number of hydrogen-bond acceptors (Lipinski definition) is 4. The van der Waals surface area contributed by atoms with Gasteiger partial charge in [-0.2, -0.15) is 4.39 Å². The Hall–Kier alpha value is -2.02. The second-order valence-corrected chi connectivity index (χ2v) is 3.19. The number of benzene rings is 1. The molecule has 16 heavy (non-hydrogen) atoms. The highest BCUT2D eigenvalue weighted by molar-refractivity contribution is 5.73. The van der Waals surface area contributed by atoms with Crippen molar-refractivity contribution in [1.29, 1.82) is 0 Å². The first-order valence-electron chi connectivity index (χ1n) is 4.33. The lowest BCUT2D eigenvalue weighted by atomic mass is 10.1. The molecule has 0 radical (unpaired) electrons. The summed E-state index contributed by atoms with van der Waals surface area (Å²) < 4.78 is 13.1. The molecule has 1 unspecified atom stereocenters. The lowest BCUT2D eigenvalue weighted by Crippen LogP contribution is -2.32. The molecular formula is C9H9FN2O4. The number of hydrogen-bond donors (Lipinski definition) is 2. The molecule has 0 heterocycles. The minimum absolute atomic E-state index is 0.0791. The highest BCUT2D eigenvalue weighted by atomic mass is 19.1. The zero-order chi connectivity index (χ0) is 12.3. The summed E-state index contributed by atoms with van der Waals surface area (Å²) in [5, 5.41) is 18.8. The van der Waals surface area contributed by atoms with Crippen LogP contribution in [-0.4, -0.2) is 22.0 Å². The van der Waals surface area contributed by atoms with Gasteiger partial charge in [-0.15, -0.1) is 0 Å². The molecule has 0 amide bonds. The summed E-state index contributed by atoms with van der Waals surface area (Å²) >= 11 is 0. The highest BCUT2D eigenvalue weighted by Crippen LogP contribution is 2.18. The summed E-state index contributed by atoms with van der Waals surface area (Å²) in [6.07, 6.45) is -0.0791. The molecular weight excluding hydrogens is 219 g/mol. The van der Waals surface area contributed by atoms with Gasteiger partial charge in [0.2, 0.25) is 5.82 Å². The maximum atomic E-state index is 13.1. The summed E-state index contributed by atoms with van der Waals surface area (Å²) in [6, 6.07) is 2.03. The lowest BCUT2D eigenvalue weighted by Gasteiger charge is -2.06. The molecule has 7 heteroatoms. The van der Waals surface area contributed by atoms with Gasteiger partial charge in [0.25, 0.3) is 0 Å². The van der Waals surface area contributed by atoms with Crippen molar-refractivity contribution in [2.24, 2.45) is 5.73 Å². The Labute approximate surface area is 89.6 Å². The third kappa shape index (κ3) is 2.74. The van der Waals surface area contributed by atoms with E-state index in [9.17, 15) is 19.3 Å². The smallest absolute Gasteiger partial charge is 0.320 e. The normalized spacial score (nSPS) is 12.1. The second kappa shape index (κ2) is 4.67. The number of nitro benzene ring substituents is 1. The zero-order valence-electron chi connectivity index (χ0n) is 8.09. The van der Waals surface area contributed by atoms with E-state index in [1.54, 1.807) is 0 Å². The molecule has 0 aromatic heterocycles. The summed E-state index contributed by atoms with van der Waals surface area (Å²) in [7, 11) is 0. The third-order valence-electron chi connectivity index (χ3n) is 1.98. The van der Waals surface area contributed by atoms with Crippen LogP contribution in [0.25, 0.3) is 0 Å². The molecule has 0 saturated heterocycles. The van der Waals surface area contributed by atoms with E-state index in [2.05, 4.69) is 0 Å². The van der Waals surface area contributed by atoms with Gasteiger partial charge in [-0.25, -0.2) is 0 Å². The molecule has 0 saturated carbocycles. The maximum absolute atomic E-state index is 13.1. The van der Waals surface area contributed by atoms with E-state index in [1.807, 2.05) is 0 Å². The van der Waals surface area contributed by atoms with Crippen molar-refractivity contribution >= 4 is 11.7 Å². The summed E-state index contributed by atoms with van der Waals surface area (Å²) in [4.78, 5) is 19.9. The average molecular weight is 228 g/mol. The molecule has 1 aromatic rings. The van der Waals surface area contributed by atoms with Crippen LogP contribution in [0.3, 0.4) is 0 Å². The molecule has 0 aliphatic heterocycles. The van der Waals surface area contributed by atoms with E-state index in [-0.39, 0.29) is 6.42 Å². The molecule has 0 fully saturated rings. The van der Waals surface area contributed by atoms with Gasteiger partial charge in [0.05, 0.1) is 4.92 Å². The topological polar surface area (TPSA) is 106 Å². The fraction of sp³-hybridized carbons (Fsp3) is 0.222. The number of rotatable bonds is 4. The molecule has 1 aromatic carbocycles. The quantitative estimate of drug-likeness (QED) is 0.582. The molecule has 0 aliphatic carbocycles. The standard InChI is InChI=1S/C9H9FN2O4/c10-6-3-5(4-7(11)9(13)14)1-2-8(6)12(15)16/h1-3,7H,4,11H2,(H,13,14). The first-order chi connectivity index (χ1) is 7.41. The van der Waals surface area contributed by atoms with Gasteiger partial charge in [-0.3, -0.25) is 14.9 Å². The van der Waals surface area contributed by atoms with Crippen molar-refractivity contribution in [3.8, 4) is 0 Å². The van der Waals surface area contributed by atoms with Crippen molar-refractivity contribution < 1.29 is 19.2 Å². The molecule has 0 spiro atoms. The van der Waals surface area contributed by atoms with Gasteiger partial charge < -0.3 is 10.8 Å². The molecule has 0 aliphatic rings. The Morgan fingerprint density at radius 2 is 2.25 bits per heavy atom. The van der Waals surface area contributed by atoms with E-state index in [4.69, 9.17) is 10.8 Å². The van der Waals surface area contributed by atoms with Gasteiger partial charge >= 0.3 is 11.7 Å². The highest BCUT2D eigenvalue weighted by Gasteiger charge is 2.17. The second-order valence-electron chi connectivity index (χ2n) is 3.19. The van der Waals surface area contributed by atoms with Crippen molar-refractivity contribution in [3.63, 3.8) is 0 Å². The number of nitrogens with zero attached hydrogens (tertiary/aromatic N) is 1. The molecule has 0 bridgehead atoms. The number of aliphatic carboxylic acids is 1. The third-order valence-corrected chi connectivity index (χ3v) is 1.98. The molecule has 3 N–H and O–H groups in total. The van der Waals surface area contributed by atoms with Crippen LogP contribution >= 0.6 is 0 Å². The van der Waals surface area contributed by atoms with Crippen LogP contribution in [0.5, 0.6) is 0 Å². The Bertz CT molecular complexity index is 436. The fourth-order valence-corrected chi connectivity index (χ4v) is 1.17. The Morgan fingerprint density at radius 1 is 1.62 bits per heavy atom. The van der Waals surface area contributed by atoms with Crippen LogP contribution in [0, 0.1) is 15.9 Å². The van der Waals surface area contributed by atoms with E-state index in [0.29, 0.717) is 5.56 Å². The minimum Gasteiger partial charge on any atom is -0.480 e. The Morgan fingerprint density at radius 3 is 2.69 bits per heavy atom. The van der Waals surface area contributed by atoms with Crippen molar-refractivity contribution in [1.82, 2.24) is 0 Å². The number of carboxylic acid groups (broad SMARTS) is 1. The van der Waals surface area contributed by atoms with E-state index in [0.717, 1.165) is 12.1 Å². The van der Waals surface area contributed by atoms with Crippen LogP contribution in [0.4, 0.5) is 10.1 Å². The van der Waals surface area contributed by atoms with Gasteiger partial charge in [-0.05, 0) is 18.1 Å². The molecule has 86 valence electrons. The zero-order valence-corrected chi connectivity index (χ0v) is 8.09. The summed E-state index contributed by atoms with van der Waals surface area (Å²) in [5.41, 5.74) is 4.90. The minimum atomic E-state index is -1.21. The lowest BCUT2D eigenvalue weighted by molar-refractivity contribution is -0.387. The van der Waals surface area contributed by atoms with Gasteiger partial charge in [0.1, 0.15) is 6.04 Å². The first kappa shape index (κ1) is 12.1. The monoisotopic (exact) mass is 228 g/mol. The van der Waals surface area contributed by atoms with Crippen LogP contribution in [0.15, 0.2) is 18.2 Å². The number of carboxylic acids is 1. The summed E-state index contributed by atoms with van der Waals surface area (Å²) in [5.74, 6) is -2.21. The van der Waals surface area contributed by atoms with E-state index < -0.39 is 28.4 Å². The number of halogens is 1. The summed E-state index contributed by atoms with van der Waals surface area (Å²) in [6.45, 7) is 0. The SMILES string of the molecule is NC(Cc1ccc([N+](=O)[O-])c(F)c1)C(=O)O. The van der Waals surface area contributed by atoms with E-state index in [1.165, 1.54) is 6.07 Å². The number of nitro groups is 1. The van der Waals surface area contributed by atoms with Gasteiger partial charge in [0, 0.05) is 6.07 Å². The predicted octanol–water partition coefficient (Wildman–Crippen LogP) is 0.688. The Kier molecular flexibility index (Phi) is 3.51. The van der Waals surface area contributed by atoms with Crippen LogP contribution in [0.2, 0.25) is 0 Å². The first-order valence-corrected chi connectivity index (χ1v) is 4.33. The average Bonchev–Trinajstić information content (AvgIpc) is 2.16. The molecule has 6 nitrogen and oxygen atoms in total. The van der Waals surface area contributed by atoms with Crippen molar-refractivity contribution in [2.75, 3.05) is 0 Å². The van der Waals surface area contributed by atoms with Gasteiger partial charge in [-0.1, -0.05) is 6.07 Å². The largest absolute Gasteiger partial charge is 0.480 e. The van der Waals surface area contributed by atoms with Crippen molar-refractivity contribution in [3.05, 3.63) is 39.7 Å². The predicted molar refractivity (Wildman–Crippen MR) is 52.4 cm³/mol. The van der Waals surface area contributed by atoms with Crippen LogP contribution < -0.4 is 5.73 Å². The van der Waals surface area contributed by atoms with Crippen molar-refractivity contribution in [2.45, 2.75) is 12.5 Å². The number of carbonyl (C=O) groups is 1. The maximum Gasteiger partial charge on any atom is 0.320 e. The van der Waals surface area contributed by atoms with Crippen LogP contribution in [-0.2, 0) is 11.2 Å². The molecule has 1 rings (SSSR count). The van der Waals surface area contributed by atoms with Crippen LogP contribution in [0.1, 0.15) is 5.56 Å². The molecule has 1 atom stereocenters. The number of nitrogens with two attached hydrogens (primary N) is 1. The van der Waals surface area contributed by atoms with Gasteiger partial charge in [0.15, 0.2) is 0 Å². The Balaban J connectivity index is 2.89. The van der Waals surface area contributed by atoms with E-state index >= 15 is 0 Å². The fourth-order valence-electron chi connectivity index (χ4n) is 1.17.